The fraction of sp³-hybridized carbons (Fsp3) is 0.800. The molecule has 0 aliphatic rings. The molecule has 0 aliphatic carbocycles. The molecule has 0 aliphatic heterocycles. The second-order valence-electron chi connectivity index (χ2n) is 2.56. The Labute approximate surface area is 53.1 Å². The van der Waals surface area contributed by atoms with Crippen LogP contribution in [-0.4, -0.2) is 0 Å². The average molecular weight is 174 g/mol. The van der Waals surface area contributed by atoms with E-state index < -0.39 is 0 Å². The van der Waals surface area contributed by atoms with Crippen LogP contribution in [0.25, 0.3) is 0 Å². The van der Waals surface area contributed by atoms with E-state index in [1.54, 1.807) is 0 Å². The number of rotatable bonds is 0. The van der Waals surface area contributed by atoms with Gasteiger partial charge in [0.1, 0.15) is 0 Å². The monoisotopic (exact) mass is 174 g/mol. The van der Waals surface area contributed by atoms with Crippen molar-refractivity contribution in [1.82, 2.24) is 0 Å². The predicted octanol–water partition coefficient (Wildman–Crippen LogP) is 1.86. The van der Waals surface area contributed by atoms with Crippen molar-refractivity contribution in [2.45, 2.75) is 20.8 Å². The first-order chi connectivity index (χ1) is 2.00. The molecule has 0 N–H and O–H groups in total. The molecule has 0 amide bonds. The zero-order valence-corrected chi connectivity index (χ0v) is 6.18. The van der Waals surface area contributed by atoms with Crippen LogP contribution >= 0.6 is 0 Å². The van der Waals surface area contributed by atoms with Crippen molar-refractivity contribution in [3.63, 3.8) is 0 Å². The first kappa shape index (κ1) is 9.80. The van der Waals surface area contributed by atoms with Crippen molar-refractivity contribution in [2.75, 3.05) is 0 Å². The standard InChI is InChI=1S/C5H11.Rh/c1-5(2,3)4;/h1H2,2-4H3;. The number of hydrogen-bond donors (Lipinski definition) is 0. The molecule has 1 heteroatoms. The Morgan fingerprint density at radius 1 is 1.17 bits per heavy atom. The Morgan fingerprint density at radius 2 is 1.17 bits per heavy atom. The molecule has 40 valence electrons. The quantitative estimate of drug-likeness (QED) is 0.491. The second kappa shape index (κ2) is 2.74. The van der Waals surface area contributed by atoms with Gasteiger partial charge in [-0.25, -0.2) is 0 Å². The molecule has 2 radical (unpaired) electrons. The molecule has 0 saturated carbocycles. The van der Waals surface area contributed by atoms with Gasteiger partial charge in [0.25, 0.3) is 0 Å². The summed E-state index contributed by atoms with van der Waals surface area (Å²) in [4.78, 5) is 0. The molecule has 0 aromatic carbocycles. The van der Waals surface area contributed by atoms with E-state index in [9.17, 15) is 0 Å². The maximum atomic E-state index is 3.77. The van der Waals surface area contributed by atoms with Crippen molar-refractivity contribution < 1.29 is 19.5 Å². The van der Waals surface area contributed by atoms with E-state index in [0.29, 0.717) is 0 Å². The topological polar surface area (TPSA) is 0 Å². The molecule has 0 fully saturated rings. The van der Waals surface area contributed by atoms with Gasteiger partial charge < -0.3 is 0 Å². The van der Waals surface area contributed by atoms with Gasteiger partial charge in [0.15, 0.2) is 0 Å². The zero-order valence-electron chi connectivity index (χ0n) is 4.54. The molecular weight excluding hydrogens is 163 g/mol. The summed E-state index contributed by atoms with van der Waals surface area (Å²) in [6.07, 6.45) is 0. The van der Waals surface area contributed by atoms with Crippen LogP contribution in [0.4, 0.5) is 0 Å². The molecular formula is C5H11Rh. The maximum absolute atomic E-state index is 3.77. The second-order valence-corrected chi connectivity index (χ2v) is 2.56. The minimum absolute atomic E-state index is 0. The molecule has 0 atom stereocenters. The first-order valence-corrected chi connectivity index (χ1v) is 1.85. The molecule has 0 nitrogen and oxygen atoms in total. The van der Waals surface area contributed by atoms with Gasteiger partial charge in [0, 0.05) is 19.5 Å². The van der Waals surface area contributed by atoms with Crippen LogP contribution < -0.4 is 0 Å². The molecule has 0 rings (SSSR count). The number of hydrogen-bond acceptors (Lipinski definition) is 0. The fourth-order valence-corrected chi connectivity index (χ4v) is 0. The summed E-state index contributed by atoms with van der Waals surface area (Å²) in [6, 6.07) is 0. The first-order valence-electron chi connectivity index (χ1n) is 1.85. The predicted molar refractivity (Wildman–Crippen MR) is 24.8 cm³/mol. The summed E-state index contributed by atoms with van der Waals surface area (Å²) in [5, 5.41) is 0. The van der Waals surface area contributed by atoms with E-state index in [1.807, 2.05) is 0 Å². The third kappa shape index (κ3) is 156. The van der Waals surface area contributed by atoms with Gasteiger partial charge in [-0.1, -0.05) is 20.8 Å². The minimum atomic E-state index is 0. The summed E-state index contributed by atoms with van der Waals surface area (Å²) in [7, 11) is 0. The summed E-state index contributed by atoms with van der Waals surface area (Å²) < 4.78 is 0. The maximum Gasteiger partial charge on any atom is 0 e. The van der Waals surface area contributed by atoms with Gasteiger partial charge in [-0.15, -0.1) is 0 Å². The van der Waals surface area contributed by atoms with Gasteiger partial charge in [-0.3, -0.25) is 0 Å². The van der Waals surface area contributed by atoms with E-state index >= 15 is 0 Å². The Morgan fingerprint density at radius 3 is 1.17 bits per heavy atom. The zero-order chi connectivity index (χ0) is 4.50. The van der Waals surface area contributed by atoms with Gasteiger partial charge in [0.05, 0.1) is 0 Å². The van der Waals surface area contributed by atoms with Crippen LogP contribution in [0.1, 0.15) is 20.8 Å². The van der Waals surface area contributed by atoms with Crippen LogP contribution in [0.5, 0.6) is 0 Å². The van der Waals surface area contributed by atoms with Crippen molar-refractivity contribution >= 4 is 0 Å². The molecule has 0 bridgehead atoms. The summed E-state index contributed by atoms with van der Waals surface area (Å²) in [5.41, 5.74) is 0.250. The van der Waals surface area contributed by atoms with Gasteiger partial charge >= 0.3 is 0 Å². The van der Waals surface area contributed by atoms with Crippen LogP contribution in [0.3, 0.4) is 0 Å². The Kier molecular flexibility index (Phi) is 4.47. The van der Waals surface area contributed by atoms with E-state index in [0.717, 1.165) is 0 Å². The van der Waals surface area contributed by atoms with Crippen molar-refractivity contribution in [3.05, 3.63) is 6.92 Å². The van der Waals surface area contributed by atoms with Crippen molar-refractivity contribution in [1.29, 1.82) is 0 Å². The summed E-state index contributed by atoms with van der Waals surface area (Å²) in [6.45, 7) is 10.0. The van der Waals surface area contributed by atoms with Crippen LogP contribution in [-0.2, 0) is 19.5 Å². The summed E-state index contributed by atoms with van der Waals surface area (Å²) in [5.74, 6) is 0. The fourth-order valence-electron chi connectivity index (χ4n) is 0. The molecule has 0 aromatic heterocycles. The smallest absolute Gasteiger partial charge is 0 e. The Balaban J connectivity index is 0. The molecule has 6 heavy (non-hydrogen) atoms. The van der Waals surface area contributed by atoms with Crippen LogP contribution in [0.2, 0.25) is 0 Å². The Bertz CT molecular complexity index is 19.4. The minimum Gasteiger partial charge on any atom is -0.0602 e. The Hall–Kier alpha value is 0.623. The van der Waals surface area contributed by atoms with Gasteiger partial charge in [-0.2, -0.15) is 0 Å². The van der Waals surface area contributed by atoms with Crippen LogP contribution in [0.15, 0.2) is 0 Å². The third-order valence-electron chi connectivity index (χ3n) is 0. The van der Waals surface area contributed by atoms with Crippen molar-refractivity contribution in [2.24, 2.45) is 5.41 Å². The van der Waals surface area contributed by atoms with Gasteiger partial charge in [-0.05, 0) is 12.3 Å². The molecule has 0 unspecified atom stereocenters. The van der Waals surface area contributed by atoms with Crippen molar-refractivity contribution in [3.8, 4) is 0 Å². The van der Waals surface area contributed by atoms with E-state index in [4.69, 9.17) is 0 Å². The molecule has 0 saturated heterocycles. The van der Waals surface area contributed by atoms with E-state index in [2.05, 4.69) is 27.7 Å². The van der Waals surface area contributed by atoms with E-state index in [1.165, 1.54) is 0 Å². The third-order valence-corrected chi connectivity index (χ3v) is 0. The van der Waals surface area contributed by atoms with Crippen LogP contribution in [0, 0.1) is 12.3 Å². The molecule has 0 spiro atoms. The largest absolute Gasteiger partial charge is 0.0602 e. The molecule has 0 heterocycles. The summed E-state index contributed by atoms with van der Waals surface area (Å²) >= 11 is 0. The average Bonchev–Trinajstić information content (AvgIpc) is 0.722. The SMILES string of the molecule is [CH2]C(C)(C)C.[Rh]. The van der Waals surface area contributed by atoms with E-state index in [-0.39, 0.29) is 24.9 Å². The normalized spacial score (nSPS) is 10.0. The molecule has 0 aromatic rings. The van der Waals surface area contributed by atoms with Gasteiger partial charge in [0.2, 0.25) is 0 Å².